The molecule has 0 N–H and O–H groups in total. The Morgan fingerprint density at radius 2 is 1.78 bits per heavy atom. The summed E-state index contributed by atoms with van der Waals surface area (Å²) in [7, 11) is 0. The molecule has 0 atom stereocenters. The Kier molecular flexibility index (Phi) is 4.56. The summed E-state index contributed by atoms with van der Waals surface area (Å²) in [6.45, 7) is 15.2. The van der Waals surface area contributed by atoms with Gasteiger partial charge in [-0.2, -0.15) is 0 Å². The molecule has 1 aromatic carbocycles. The molecular formula is C19H27NO3. The first kappa shape index (κ1) is 17.5. The van der Waals surface area contributed by atoms with Crippen LogP contribution in [-0.2, 0) is 26.8 Å². The van der Waals surface area contributed by atoms with Crippen molar-refractivity contribution in [2.45, 2.75) is 65.7 Å². The molecule has 0 saturated carbocycles. The van der Waals surface area contributed by atoms with Crippen molar-refractivity contribution in [2.24, 2.45) is 0 Å². The molecule has 4 nitrogen and oxygen atoms in total. The minimum atomic E-state index is -0.313. The lowest BCUT2D eigenvalue weighted by Gasteiger charge is -2.24. The van der Waals surface area contributed by atoms with Crippen LogP contribution in [0.15, 0.2) is 16.5 Å². The van der Waals surface area contributed by atoms with Gasteiger partial charge in [0.05, 0.1) is 6.61 Å². The molecule has 2 rings (SSSR count). The van der Waals surface area contributed by atoms with Gasteiger partial charge in [0.1, 0.15) is 11.9 Å². The van der Waals surface area contributed by atoms with Gasteiger partial charge in [0.2, 0.25) is 5.89 Å². The predicted octanol–water partition coefficient (Wildman–Crippen LogP) is 4.53. The third-order valence-electron chi connectivity index (χ3n) is 3.81. The molecule has 4 heteroatoms. The summed E-state index contributed by atoms with van der Waals surface area (Å²) in [5, 5.41) is 0. The SMILES string of the molecule is CCOC(=O)Cc1nc2cc(C(C)(C)C)cc(C(C)(C)C)c2o1. The highest BCUT2D eigenvalue weighted by Crippen LogP contribution is 2.35. The second-order valence-corrected chi connectivity index (χ2v) is 7.96. The minimum Gasteiger partial charge on any atom is -0.466 e. The summed E-state index contributed by atoms with van der Waals surface area (Å²) in [4.78, 5) is 16.2. The standard InChI is InChI=1S/C19H27NO3/c1-8-22-16(21)11-15-20-14-10-12(18(2,3)4)9-13(17(14)23-15)19(5,6)7/h9-10H,8,11H2,1-7H3. The van der Waals surface area contributed by atoms with Crippen LogP contribution in [0.25, 0.3) is 11.1 Å². The molecule has 0 saturated heterocycles. The molecule has 126 valence electrons. The topological polar surface area (TPSA) is 52.3 Å². The second-order valence-electron chi connectivity index (χ2n) is 7.96. The van der Waals surface area contributed by atoms with E-state index in [4.69, 9.17) is 9.15 Å². The molecule has 0 spiro atoms. The summed E-state index contributed by atoms with van der Waals surface area (Å²) < 4.78 is 10.9. The average Bonchev–Trinajstić information content (AvgIpc) is 2.77. The zero-order valence-electron chi connectivity index (χ0n) is 15.2. The number of aromatic nitrogens is 1. The van der Waals surface area contributed by atoms with Crippen LogP contribution in [0.5, 0.6) is 0 Å². The number of esters is 1. The molecule has 0 aliphatic carbocycles. The first-order valence-corrected chi connectivity index (χ1v) is 8.12. The van der Waals surface area contributed by atoms with E-state index in [1.54, 1.807) is 6.92 Å². The highest BCUT2D eigenvalue weighted by molar-refractivity contribution is 5.80. The number of hydrogen-bond donors (Lipinski definition) is 0. The fraction of sp³-hybridized carbons (Fsp3) is 0.579. The van der Waals surface area contributed by atoms with E-state index in [2.05, 4.69) is 58.7 Å². The van der Waals surface area contributed by atoms with Crippen LogP contribution in [-0.4, -0.2) is 17.6 Å². The van der Waals surface area contributed by atoms with E-state index in [0.29, 0.717) is 12.5 Å². The lowest BCUT2D eigenvalue weighted by molar-refractivity contribution is -0.142. The predicted molar refractivity (Wildman–Crippen MR) is 91.7 cm³/mol. The van der Waals surface area contributed by atoms with Crippen molar-refractivity contribution in [3.8, 4) is 0 Å². The van der Waals surface area contributed by atoms with E-state index < -0.39 is 0 Å². The number of ether oxygens (including phenoxy) is 1. The Hall–Kier alpha value is -1.84. The highest BCUT2D eigenvalue weighted by Gasteiger charge is 2.25. The van der Waals surface area contributed by atoms with Crippen LogP contribution in [0.2, 0.25) is 0 Å². The summed E-state index contributed by atoms with van der Waals surface area (Å²) in [6, 6.07) is 4.25. The Morgan fingerprint density at radius 1 is 1.13 bits per heavy atom. The molecule has 0 aliphatic heterocycles. The first-order valence-electron chi connectivity index (χ1n) is 8.12. The maximum Gasteiger partial charge on any atom is 0.315 e. The maximum atomic E-state index is 11.7. The molecule has 0 amide bonds. The van der Waals surface area contributed by atoms with Crippen molar-refractivity contribution in [3.63, 3.8) is 0 Å². The van der Waals surface area contributed by atoms with Crippen LogP contribution in [0, 0.1) is 0 Å². The molecule has 0 unspecified atom stereocenters. The van der Waals surface area contributed by atoms with Gasteiger partial charge >= 0.3 is 5.97 Å². The van der Waals surface area contributed by atoms with Gasteiger partial charge < -0.3 is 9.15 Å². The zero-order chi connectivity index (χ0) is 17.4. The molecule has 23 heavy (non-hydrogen) atoms. The number of rotatable bonds is 3. The lowest BCUT2D eigenvalue weighted by Crippen LogP contribution is -2.16. The fourth-order valence-corrected chi connectivity index (χ4v) is 2.48. The van der Waals surface area contributed by atoms with Gasteiger partial charge in [-0.15, -0.1) is 0 Å². The van der Waals surface area contributed by atoms with E-state index in [1.165, 1.54) is 5.56 Å². The lowest BCUT2D eigenvalue weighted by atomic mass is 9.80. The number of carbonyl (C=O) groups excluding carboxylic acids is 1. The Balaban J connectivity index is 2.57. The van der Waals surface area contributed by atoms with E-state index in [1.807, 2.05) is 0 Å². The molecule has 0 fully saturated rings. The third kappa shape index (κ3) is 3.92. The first-order chi connectivity index (χ1) is 10.5. The average molecular weight is 317 g/mol. The van der Waals surface area contributed by atoms with Crippen LogP contribution >= 0.6 is 0 Å². The number of fused-ring (bicyclic) bond motifs is 1. The minimum absolute atomic E-state index is 0.0223. The highest BCUT2D eigenvalue weighted by atomic mass is 16.5. The van der Waals surface area contributed by atoms with Gasteiger partial charge in [-0.05, 0) is 29.4 Å². The van der Waals surface area contributed by atoms with E-state index in [-0.39, 0.29) is 23.2 Å². The van der Waals surface area contributed by atoms with Crippen molar-refractivity contribution in [2.75, 3.05) is 6.61 Å². The number of oxazole rings is 1. The van der Waals surface area contributed by atoms with Crippen molar-refractivity contribution in [1.82, 2.24) is 4.98 Å². The Labute approximate surface area is 138 Å². The quantitative estimate of drug-likeness (QED) is 0.781. The van der Waals surface area contributed by atoms with E-state index in [9.17, 15) is 4.79 Å². The van der Waals surface area contributed by atoms with E-state index >= 15 is 0 Å². The van der Waals surface area contributed by atoms with E-state index in [0.717, 1.165) is 16.7 Å². The van der Waals surface area contributed by atoms with Crippen LogP contribution in [0.4, 0.5) is 0 Å². The van der Waals surface area contributed by atoms with Gasteiger partial charge in [0.25, 0.3) is 0 Å². The molecule has 2 aromatic rings. The molecule has 0 radical (unpaired) electrons. The van der Waals surface area contributed by atoms with Crippen molar-refractivity contribution >= 4 is 17.1 Å². The zero-order valence-corrected chi connectivity index (χ0v) is 15.2. The molecule has 0 bridgehead atoms. The number of benzene rings is 1. The van der Waals surface area contributed by atoms with Gasteiger partial charge in [0, 0.05) is 5.56 Å². The molecule has 0 aliphatic rings. The molecular weight excluding hydrogens is 290 g/mol. The van der Waals surface area contributed by atoms with Gasteiger partial charge in [-0.1, -0.05) is 47.6 Å². The van der Waals surface area contributed by atoms with Crippen molar-refractivity contribution in [1.29, 1.82) is 0 Å². The summed E-state index contributed by atoms with van der Waals surface area (Å²) in [5.41, 5.74) is 3.86. The fourth-order valence-electron chi connectivity index (χ4n) is 2.48. The normalized spacial score (nSPS) is 12.7. The maximum absolute atomic E-state index is 11.7. The smallest absolute Gasteiger partial charge is 0.315 e. The summed E-state index contributed by atoms with van der Waals surface area (Å²) in [5.74, 6) is 0.0995. The number of nitrogens with zero attached hydrogens (tertiary/aromatic N) is 1. The monoisotopic (exact) mass is 317 g/mol. The number of carbonyl (C=O) groups is 1. The molecule has 1 heterocycles. The third-order valence-corrected chi connectivity index (χ3v) is 3.81. The van der Waals surface area contributed by atoms with Gasteiger partial charge in [-0.25, -0.2) is 4.98 Å². The summed E-state index contributed by atoms with van der Waals surface area (Å²) >= 11 is 0. The molecule has 1 aromatic heterocycles. The van der Waals surface area contributed by atoms with Crippen LogP contribution in [0.1, 0.15) is 65.5 Å². The Morgan fingerprint density at radius 3 is 2.30 bits per heavy atom. The van der Waals surface area contributed by atoms with Gasteiger partial charge in [0.15, 0.2) is 5.58 Å². The summed E-state index contributed by atoms with van der Waals surface area (Å²) in [6.07, 6.45) is 0.0664. The van der Waals surface area contributed by atoms with Crippen LogP contribution < -0.4 is 0 Å². The van der Waals surface area contributed by atoms with Gasteiger partial charge in [-0.3, -0.25) is 4.79 Å². The van der Waals surface area contributed by atoms with Crippen LogP contribution in [0.3, 0.4) is 0 Å². The largest absolute Gasteiger partial charge is 0.466 e. The van der Waals surface area contributed by atoms with Crippen molar-refractivity contribution in [3.05, 3.63) is 29.2 Å². The number of hydrogen-bond acceptors (Lipinski definition) is 4. The Bertz CT molecular complexity index is 715. The second kappa shape index (κ2) is 5.99. The van der Waals surface area contributed by atoms with Crippen molar-refractivity contribution < 1.29 is 13.9 Å².